The second-order valence-electron chi connectivity index (χ2n) is 6.95. The molecule has 0 saturated heterocycles. The van der Waals surface area contributed by atoms with E-state index in [0.29, 0.717) is 12.2 Å². The molecule has 2 aliphatic carbocycles. The molecule has 2 unspecified atom stereocenters. The molecule has 7 nitrogen and oxygen atoms in total. The minimum absolute atomic E-state index is 0.0101. The molecule has 136 valence electrons. The summed E-state index contributed by atoms with van der Waals surface area (Å²) in [5, 5.41) is 14.7. The Hall–Kier alpha value is -2.31. The summed E-state index contributed by atoms with van der Waals surface area (Å²) in [6.07, 6.45) is 5.48. The molecule has 1 aromatic rings. The van der Waals surface area contributed by atoms with Gasteiger partial charge in [-0.25, -0.2) is 4.79 Å². The maximum atomic E-state index is 12.4. The minimum atomic E-state index is -0.961. The van der Waals surface area contributed by atoms with E-state index in [1.165, 1.54) is 7.05 Å². The van der Waals surface area contributed by atoms with E-state index < -0.39 is 12.0 Å². The van der Waals surface area contributed by atoms with Crippen LogP contribution < -0.4 is 10.6 Å². The van der Waals surface area contributed by atoms with Crippen LogP contribution in [-0.2, 0) is 9.59 Å². The van der Waals surface area contributed by atoms with Gasteiger partial charge in [-0.1, -0.05) is 19.3 Å². The standard InChI is InChI=1S/C18H24N2O5/c1-19-17(22)14-8-7-13(25-14)11-9-12(11)16(21)20-15(18(23)24)10-5-3-2-4-6-10/h7-8,10-12,15H,2-6,9H2,1H3,(H,19,22)(H,20,21)(H,23,24)/t11?,12?,15-/m0/s1. The fourth-order valence-corrected chi connectivity index (χ4v) is 3.71. The van der Waals surface area contributed by atoms with Gasteiger partial charge in [-0.15, -0.1) is 0 Å². The Morgan fingerprint density at radius 3 is 2.56 bits per heavy atom. The molecule has 0 aliphatic heterocycles. The van der Waals surface area contributed by atoms with E-state index >= 15 is 0 Å². The first-order valence-electron chi connectivity index (χ1n) is 8.86. The maximum Gasteiger partial charge on any atom is 0.326 e. The number of amides is 2. The zero-order valence-corrected chi connectivity index (χ0v) is 14.3. The predicted molar refractivity (Wildman–Crippen MR) is 89.1 cm³/mol. The van der Waals surface area contributed by atoms with E-state index in [9.17, 15) is 19.5 Å². The average molecular weight is 348 g/mol. The van der Waals surface area contributed by atoms with Gasteiger partial charge in [0.25, 0.3) is 5.91 Å². The van der Waals surface area contributed by atoms with Gasteiger partial charge in [-0.2, -0.15) is 0 Å². The Bertz CT molecular complexity index is 662. The van der Waals surface area contributed by atoms with Crippen molar-refractivity contribution in [3.8, 4) is 0 Å². The third kappa shape index (κ3) is 3.86. The first-order valence-corrected chi connectivity index (χ1v) is 8.86. The van der Waals surface area contributed by atoms with E-state index in [-0.39, 0.29) is 35.3 Å². The Kier molecular flexibility index (Phi) is 5.11. The normalized spacial score (nSPS) is 24.4. The number of hydrogen-bond donors (Lipinski definition) is 3. The SMILES string of the molecule is CNC(=O)c1ccc(C2CC2C(=O)N[C@H](C(=O)O)C2CCCCC2)o1. The lowest BCUT2D eigenvalue weighted by atomic mass is 9.84. The zero-order valence-electron chi connectivity index (χ0n) is 14.3. The number of carbonyl (C=O) groups is 3. The predicted octanol–water partition coefficient (Wildman–Crippen LogP) is 1.89. The van der Waals surface area contributed by atoms with Crippen LogP contribution in [0.15, 0.2) is 16.5 Å². The van der Waals surface area contributed by atoms with Crippen molar-refractivity contribution in [2.24, 2.45) is 11.8 Å². The third-order valence-corrected chi connectivity index (χ3v) is 5.26. The van der Waals surface area contributed by atoms with Crippen LogP contribution in [0.2, 0.25) is 0 Å². The van der Waals surface area contributed by atoms with Crippen molar-refractivity contribution in [1.29, 1.82) is 0 Å². The molecular formula is C18H24N2O5. The van der Waals surface area contributed by atoms with Gasteiger partial charge in [0.1, 0.15) is 11.8 Å². The molecule has 0 radical (unpaired) electrons. The molecule has 25 heavy (non-hydrogen) atoms. The molecule has 3 N–H and O–H groups in total. The summed E-state index contributed by atoms with van der Waals surface area (Å²) in [7, 11) is 1.52. The fourth-order valence-electron chi connectivity index (χ4n) is 3.71. The lowest BCUT2D eigenvalue weighted by Gasteiger charge is -2.28. The minimum Gasteiger partial charge on any atom is -0.480 e. The zero-order chi connectivity index (χ0) is 18.0. The van der Waals surface area contributed by atoms with Gasteiger partial charge < -0.3 is 20.2 Å². The van der Waals surface area contributed by atoms with Crippen molar-refractivity contribution >= 4 is 17.8 Å². The van der Waals surface area contributed by atoms with Crippen molar-refractivity contribution < 1.29 is 23.9 Å². The summed E-state index contributed by atoms with van der Waals surface area (Å²) in [5.41, 5.74) is 0. The summed E-state index contributed by atoms with van der Waals surface area (Å²) in [6.45, 7) is 0. The van der Waals surface area contributed by atoms with Crippen LogP contribution in [-0.4, -0.2) is 36.0 Å². The molecular weight excluding hydrogens is 324 g/mol. The highest BCUT2D eigenvalue weighted by Gasteiger charge is 2.47. The van der Waals surface area contributed by atoms with Crippen LogP contribution in [0, 0.1) is 11.8 Å². The van der Waals surface area contributed by atoms with E-state index in [1.54, 1.807) is 12.1 Å². The molecule has 7 heteroatoms. The van der Waals surface area contributed by atoms with Crippen molar-refractivity contribution in [2.45, 2.75) is 50.5 Å². The van der Waals surface area contributed by atoms with Gasteiger partial charge in [0.15, 0.2) is 5.76 Å². The smallest absolute Gasteiger partial charge is 0.326 e. The molecule has 1 aromatic heterocycles. The van der Waals surface area contributed by atoms with Crippen molar-refractivity contribution in [3.63, 3.8) is 0 Å². The Labute approximate surface area is 146 Å². The van der Waals surface area contributed by atoms with Crippen LogP contribution in [0.4, 0.5) is 0 Å². The molecule has 0 bridgehead atoms. The Morgan fingerprint density at radius 2 is 1.92 bits per heavy atom. The number of nitrogens with one attached hydrogen (secondary N) is 2. The summed E-state index contributed by atoms with van der Waals surface area (Å²) in [5.74, 6) is -1.05. The second kappa shape index (κ2) is 7.29. The molecule has 3 atom stereocenters. The lowest BCUT2D eigenvalue weighted by Crippen LogP contribution is -2.47. The number of carboxylic acids is 1. The number of rotatable bonds is 6. The molecule has 2 aliphatic rings. The van der Waals surface area contributed by atoms with Crippen molar-refractivity contribution in [3.05, 3.63) is 23.7 Å². The molecule has 3 rings (SSSR count). The number of aliphatic carboxylic acids is 1. The molecule has 0 spiro atoms. The van der Waals surface area contributed by atoms with Crippen LogP contribution in [0.5, 0.6) is 0 Å². The van der Waals surface area contributed by atoms with Gasteiger partial charge in [0, 0.05) is 18.9 Å². The quantitative estimate of drug-likeness (QED) is 0.727. The van der Waals surface area contributed by atoms with Crippen LogP contribution in [0.1, 0.15) is 60.8 Å². The fraction of sp³-hybridized carbons (Fsp3) is 0.611. The van der Waals surface area contributed by atoms with E-state index in [1.807, 2.05) is 0 Å². The molecule has 2 saturated carbocycles. The van der Waals surface area contributed by atoms with E-state index in [2.05, 4.69) is 10.6 Å². The van der Waals surface area contributed by atoms with Crippen molar-refractivity contribution in [2.75, 3.05) is 7.05 Å². The molecule has 1 heterocycles. The summed E-state index contributed by atoms with van der Waals surface area (Å²) in [6, 6.07) is 2.48. The van der Waals surface area contributed by atoms with Crippen LogP contribution in [0.3, 0.4) is 0 Å². The molecule has 2 fully saturated rings. The first kappa shape index (κ1) is 17.5. The van der Waals surface area contributed by atoms with Gasteiger partial charge >= 0.3 is 5.97 Å². The summed E-state index contributed by atoms with van der Waals surface area (Å²) >= 11 is 0. The second-order valence-corrected chi connectivity index (χ2v) is 6.95. The highest BCUT2D eigenvalue weighted by Crippen LogP contribution is 2.48. The average Bonchev–Trinajstić information content (AvgIpc) is 3.28. The third-order valence-electron chi connectivity index (χ3n) is 5.26. The van der Waals surface area contributed by atoms with Gasteiger partial charge in [0.05, 0.1) is 0 Å². The largest absolute Gasteiger partial charge is 0.480 e. The topological polar surface area (TPSA) is 109 Å². The molecule has 2 amide bonds. The number of carbonyl (C=O) groups excluding carboxylic acids is 2. The van der Waals surface area contributed by atoms with Crippen molar-refractivity contribution in [1.82, 2.24) is 10.6 Å². The highest BCUT2D eigenvalue weighted by atomic mass is 16.4. The first-order chi connectivity index (χ1) is 12.0. The van der Waals surface area contributed by atoms with Gasteiger partial charge in [-0.05, 0) is 37.3 Å². The highest BCUT2D eigenvalue weighted by molar-refractivity contribution is 5.91. The summed E-state index contributed by atoms with van der Waals surface area (Å²) in [4.78, 5) is 35.5. The monoisotopic (exact) mass is 348 g/mol. The van der Waals surface area contributed by atoms with Gasteiger partial charge in [0.2, 0.25) is 5.91 Å². The van der Waals surface area contributed by atoms with Gasteiger partial charge in [-0.3, -0.25) is 9.59 Å². The Balaban J connectivity index is 1.59. The number of carboxylic acid groups (broad SMARTS) is 1. The lowest BCUT2D eigenvalue weighted by molar-refractivity contribution is -0.144. The Morgan fingerprint density at radius 1 is 1.20 bits per heavy atom. The summed E-state index contributed by atoms with van der Waals surface area (Å²) < 4.78 is 5.50. The van der Waals surface area contributed by atoms with E-state index in [0.717, 1.165) is 32.1 Å². The van der Waals surface area contributed by atoms with Crippen LogP contribution >= 0.6 is 0 Å². The van der Waals surface area contributed by atoms with Crippen LogP contribution in [0.25, 0.3) is 0 Å². The molecule has 0 aromatic carbocycles. The van der Waals surface area contributed by atoms with E-state index in [4.69, 9.17) is 4.42 Å². The number of furan rings is 1. The number of hydrogen-bond acceptors (Lipinski definition) is 4. The maximum absolute atomic E-state index is 12.4.